The molecule has 1 aliphatic rings. The summed E-state index contributed by atoms with van der Waals surface area (Å²) >= 11 is 0. The zero-order chi connectivity index (χ0) is 22.1. The molecule has 2 aromatic rings. The Labute approximate surface area is 189 Å². The van der Waals surface area contributed by atoms with Gasteiger partial charge in [0.15, 0.2) is 0 Å². The summed E-state index contributed by atoms with van der Waals surface area (Å²) < 4.78 is 5.68. The Morgan fingerprint density at radius 3 is 2.23 bits per heavy atom. The Morgan fingerprint density at radius 1 is 0.935 bits per heavy atom. The lowest BCUT2D eigenvalue weighted by molar-refractivity contribution is 0.0734. The standard InChI is InChI=1S/C29H40O2/c1-4-6-8-11-24-12-14-25(15-13-24)28(30)31-27-18-16-26(17-19-27)29(22-23(3)5-2)20-9-7-10-21-29/h12-19,23H,4-11,20-22H2,1-3H3. The maximum Gasteiger partial charge on any atom is 0.343 e. The van der Waals surface area contributed by atoms with Crippen molar-refractivity contribution in [3.8, 4) is 5.75 Å². The van der Waals surface area contributed by atoms with E-state index in [1.54, 1.807) is 0 Å². The molecule has 1 saturated carbocycles. The molecule has 0 radical (unpaired) electrons. The third kappa shape index (κ3) is 6.45. The summed E-state index contributed by atoms with van der Waals surface area (Å²) in [5, 5.41) is 0. The van der Waals surface area contributed by atoms with E-state index >= 15 is 0 Å². The summed E-state index contributed by atoms with van der Waals surface area (Å²) in [5.41, 5.74) is 3.62. The van der Waals surface area contributed by atoms with Crippen molar-refractivity contribution in [1.82, 2.24) is 0 Å². The van der Waals surface area contributed by atoms with Crippen molar-refractivity contribution in [3.05, 3.63) is 65.2 Å². The van der Waals surface area contributed by atoms with E-state index in [-0.39, 0.29) is 5.97 Å². The molecule has 3 rings (SSSR count). The second-order valence-corrected chi connectivity index (χ2v) is 9.63. The fourth-order valence-electron chi connectivity index (χ4n) is 5.08. The third-order valence-electron chi connectivity index (χ3n) is 7.18. The highest BCUT2D eigenvalue weighted by atomic mass is 16.5. The number of unbranched alkanes of at least 4 members (excludes halogenated alkanes) is 2. The number of esters is 1. The van der Waals surface area contributed by atoms with Gasteiger partial charge in [0.2, 0.25) is 0 Å². The van der Waals surface area contributed by atoms with E-state index in [1.807, 2.05) is 24.3 Å². The summed E-state index contributed by atoms with van der Waals surface area (Å²) in [6.45, 7) is 6.88. The van der Waals surface area contributed by atoms with Gasteiger partial charge in [-0.1, -0.05) is 83.6 Å². The monoisotopic (exact) mass is 420 g/mol. The molecule has 0 spiro atoms. The van der Waals surface area contributed by atoms with Gasteiger partial charge in [0, 0.05) is 0 Å². The zero-order valence-electron chi connectivity index (χ0n) is 19.8. The second kappa shape index (κ2) is 11.5. The van der Waals surface area contributed by atoms with Crippen LogP contribution in [0.4, 0.5) is 0 Å². The van der Waals surface area contributed by atoms with Gasteiger partial charge in [0.1, 0.15) is 5.75 Å². The average Bonchev–Trinajstić information content (AvgIpc) is 2.80. The molecule has 1 atom stereocenters. The lowest BCUT2D eigenvalue weighted by Crippen LogP contribution is -2.31. The van der Waals surface area contributed by atoms with Gasteiger partial charge < -0.3 is 4.74 Å². The molecule has 168 valence electrons. The van der Waals surface area contributed by atoms with Crippen molar-refractivity contribution in [1.29, 1.82) is 0 Å². The molecule has 0 bridgehead atoms. The van der Waals surface area contributed by atoms with Gasteiger partial charge in [0.05, 0.1) is 5.56 Å². The van der Waals surface area contributed by atoms with Crippen molar-refractivity contribution in [2.75, 3.05) is 0 Å². The van der Waals surface area contributed by atoms with Gasteiger partial charge in [-0.05, 0) is 78.8 Å². The summed E-state index contributed by atoms with van der Waals surface area (Å²) in [4.78, 5) is 12.6. The van der Waals surface area contributed by atoms with Crippen LogP contribution in [0.25, 0.3) is 0 Å². The largest absolute Gasteiger partial charge is 0.423 e. The molecule has 2 heteroatoms. The molecule has 0 amide bonds. The van der Waals surface area contributed by atoms with Crippen LogP contribution in [0.2, 0.25) is 0 Å². The van der Waals surface area contributed by atoms with Gasteiger partial charge >= 0.3 is 5.97 Å². The summed E-state index contributed by atoms with van der Waals surface area (Å²) in [6.07, 6.45) is 13.8. The summed E-state index contributed by atoms with van der Waals surface area (Å²) in [6, 6.07) is 16.3. The van der Waals surface area contributed by atoms with Crippen molar-refractivity contribution >= 4 is 5.97 Å². The molecule has 0 N–H and O–H groups in total. The van der Waals surface area contributed by atoms with Crippen LogP contribution >= 0.6 is 0 Å². The molecule has 0 aliphatic heterocycles. The van der Waals surface area contributed by atoms with E-state index in [4.69, 9.17) is 4.74 Å². The van der Waals surface area contributed by atoms with Crippen molar-refractivity contribution in [2.24, 2.45) is 5.92 Å². The Balaban J connectivity index is 1.64. The quantitative estimate of drug-likeness (QED) is 0.219. The van der Waals surface area contributed by atoms with Crippen molar-refractivity contribution in [3.63, 3.8) is 0 Å². The van der Waals surface area contributed by atoms with Crippen molar-refractivity contribution < 1.29 is 9.53 Å². The number of benzene rings is 2. The number of hydrogen-bond acceptors (Lipinski definition) is 2. The van der Waals surface area contributed by atoms with E-state index in [2.05, 4.69) is 45.0 Å². The highest BCUT2D eigenvalue weighted by Gasteiger charge is 2.34. The molecule has 1 fully saturated rings. The summed E-state index contributed by atoms with van der Waals surface area (Å²) in [7, 11) is 0. The highest BCUT2D eigenvalue weighted by Crippen LogP contribution is 2.44. The third-order valence-corrected chi connectivity index (χ3v) is 7.18. The molecule has 31 heavy (non-hydrogen) atoms. The molecule has 1 aliphatic carbocycles. The fourth-order valence-corrected chi connectivity index (χ4v) is 5.08. The van der Waals surface area contributed by atoms with E-state index in [0.717, 1.165) is 12.3 Å². The predicted octanol–water partition coefficient (Wildman–Crippen LogP) is 8.28. The van der Waals surface area contributed by atoms with E-state index in [9.17, 15) is 4.79 Å². The van der Waals surface area contributed by atoms with Crippen LogP contribution < -0.4 is 4.74 Å². The van der Waals surface area contributed by atoms with Gasteiger partial charge in [0.25, 0.3) is 0 Å². The first kappa shape index (κ1) is 23.6. The second-order valence-electron chi connectivity index (χ2n) is 9.63. The van der Waals surface area contributed by atoms with Gasteiger partial charge in [-0.25, -0.2) is 4.79 Å². The first-order valence-electron chi connectivity index (χ1n) is 12.5. The fraction of sp³-hybridized carbons (Fsp3) is 0.552. The predicted molar refractivity (Wildman–Crippen MR) is 130 cm³/mol. The molecule has 0 heterocycles. The molecular formula is C29H40O2. The molecule has 1 unspecified atom stereocenters. The normalized spacial score (nSPS) is 16.6. The lowest BCUT2D eigenvalue weighted by atomic mass is 9.65. The zero-order valence-corrected chi connectivity index (χ0v) is 19.8. The van der Waals surface area contributed by atoms with Gasteiger partial charge in [-0.15, -0.1) is 0 Å². The van der Waals surface area contributed by atoms with Crippen LogP contribution in [-0.2, 0) is 11.8 Å². The van der Waals surface area contributed by atoms with Crippen LogP contribution in [0.1, 0.15) is 106 Å². The minimum Gasteiger partial charge on any atom is -0.423 e. The SMILES string of the molecule is CCCCCc1ccc(C(=O)Oc2ccc(C3(CC(C)CC)CCCCC3)cc2)cc1. The van der Waals surface area contributed by atoms with E-state index < -0.39 is 0 Å². The summed E-state index contributed by atoms with van der Waals surface area (Å²) in [5.74, 6) is 1.09. The van der Waals surface area contributed by atoms with Gasteiger partial charge in [-0.3, -0.25) is 0 Å². The maximum atomic E-state index is 12.6. The highest BCUT2D eigenvalue weighted by molar-refractivity contribution is 5.91. The smallest absolute Gasteiger partial charge is 0.343 e. The number of carbonyl (C=O) groups excluding carboxylic acids is 1. The molecule has 2 aromatic carbocycles. The van der Waals surface area contributed by atoms with E-state index in [0.29, 0.717) is 16.7 Å². The minimum atomic E-state index is -0.278. The Bertz CT molecular complexity index is 798. The van der Waals surface area contributed by atoms with Crippen LogP contribution in [0.15, 0.2) is 48.5 Å². The number of aryl methyl sites for hydroxylation is 1. The first-order valence-corrected chi connectivity index (χ1v) is 12.5. The van der Waals surface area contributed by atoms with Crippen LogP contribution in [-0.4, -0.2) is 5.97 Å². The number of carbonyl (C=O) groups is 1. The van der Waals surface area contributed by atoms with Gasteiger partial charge in [-0.2, -0.15) is 0 Å². The molecule has 2 nitrogen and oxygen atoms in total. The molecule has 0 aromatic heterocycles. The van der Waals surface area contributed by atoms with Crippen molar-refractivity contribution in [2.45, 2.75) is 96.8 Å². The van der Waals surface area contributed by atoms with E-state index in [1.165, 1.54) is 75.3 Å². The molecule has 0 saturated heterocycles. The lowest BCUT2D eigenvalue weighted by Gasteiger charge is -2.40. The Morgan fingerprint density at radius 2 is 1.61 bits per heavy atom. The number of rotatable bonds is 10. The number of ether oxygens (including phenoxy) is 1. The molecular weight excluding hydrogens is 380 g/mol. The number of hydrogen-bond donors (Lipinski definition) is 0. The van der Waals surface area contributed by atoms with Crippen LogP contribution in [0.5, 0.6) is 5.75 Å². The Hall–Kier alpha value is -2.09. The Kier molecular flexibility index (Phi) is 8.75. The maximum absolute atomic E-state index is 12.6. The average molecular weight is 421 g/mol. The van der Waals surface area contributed by atoms with Crippen LogP contribution in [0, 0.1) is 5.92 Å². The topological polar surface area (TPSA) is 26.3 Å². The first-order chi connectivity index (χ1) is 15.1. The minimum absolute atomic E-state index is 0.278. The van der Waals surface area contributed by atoms with Crippen LogP contribution in [0.3, 0.4) is 0 Å².